The van der Waals surface area contributed by atoms with Crippen molar-refractivity contribution in [3.63, 3.8) is 0 Å². The molecule has 0 amide bonds. The van der Waals surface area contributed by atoms with Crippen LogP contribution in [0.1, 0.15) is 13.8 Å². The van der Waals surface area contributed by atoms with Crippen LogP contribution in [0.4, 0.5) is 0 Å². The maximum atomic E-state index is 5.09. The van der Waals surface area contributed by atoms with Gasteiger partial charge in [0.1, 0.15) is 10.0 Å². The summed E-state index contributed by atoms with van der Waals surface area (Å²) in [6.07, 6.45) is 0.353. The molecule has 0 aromatic carbocycles. The molecule has 4 heteroatoms. The van der Waals surface area contributed by atoms with Crippen LogP contribution in [0.25, 0.3) is 0 Å². The molecule has 1 aliphatic rings. The molecule has 0 saturated carbocycles. The molecular weight excluding hydrogens is 144 g/mol. The number of hydrogen-bond donors (Lipinski definition) is 0. The van der Waals surface area contributed by atoms with Crippen molar-refractivity contribution in [1.82, 2.24) is 0 Å². The average Bonchev–Trinajstić information content (AvgIpc) is 1.85. The van der Waals surface area contributed by atoms with Gasteiger partial charge in [-0.05, 0) is 13.8 Å². The molecule has 48 valence electrons. The quantitative estimate of drug-likeness (QED) is 0.509. The second-order valence-corrected chi connectivity index (χ2v) is 3.42. The first kappa shape index (κ1) is 6.61. The molecule has 1 saturated heterocycles. The smallest absolute Gasteiger partial charge is 0.149 e. The molecule has 1 aliphatic heterocycles. The number of rotatable bonds is 0. The second-order valence-electron chi connectivity index (χ2n) is 1.81. The van der Waals surface area contributed by atoms with Crippen LogP contribution >= 0.6 is 0 Å². The van der Waals surface area contributed by atoms with E-state index >= 15 is 0 Å². The van der Waals surface area contributed by atoms with Crippen LogP contribution < -0.4 is 0 Å². The van der Waals surface area contributed by atoms with Crippen LogP contribution in [0.15, 0.2) is 0 Å². The van der Waals surface area contributed by atoms with E-state index in [2.05, 4.69) is 0 Å². The highest BCUT2D eigenvalue weighted by molar-refractivity contribution is 8.23. The molecule has 0 aromatic rings. The lowest BCUT2D eigenvalue weighted by Crippen LogP contribution is -2.13. The minimum absolute atomic E-state index is 0.177. The monoisotopic (exact) mass is 152 g/mol. The lowest BCUT2D eigenvalue weighted by atomic mass is 10.3. The molecule has 0 aromatic heterocycles. The molecule has 0 aliphatic carbocycles. The van der Waals surface area contributed by atoms with Gasteiger partial charge >= 0.3 is 0 Å². The van der Waals surface area contributed by atoms with E-state index in [9.17, 15) is 0 Å². The maximum Gasteiger partial charge on any atom is 0.149 e. The van der Waals surface area contributed by atoms with E-state index in [0.29, 0.717) is 0 Å². The SMILES string of the molecule is C[C@H]1OS(=S)O[C@@H]1C. The van der Waals surface area contributed by atoms with Gasteiger partial charge in [-0.25, -0.2) is 0 Å². The third-order valence-electron chi connectivity index (χ3n) is 1.12. The lowest BCUT2D eigenvalue weighted by Gasteiger charge is -1.99. The summed E-state index contributed by atoms with van der Waals surface area (Å²) in [5.74, 6) is 0. The van der Waals surface area contributed by atoms with Crippen LogP contribution in [0.2, 0.25) is 0 Å². The van der Waals surface area contributed by atoms with Gasteiger partial charge in [-0.15, -0.1) is 0 Å². The van der Waals surface area contributed by atoms with Crippen LogP contribution in [-0.2, 0) is 29.6 Å². The van der Waals surface area contributed by atoms with Crippen molar-refractivity contribution in [1.29, 1.82) is 0 Å². The molecular formula is C4H8O2S2. The summed E-state index contributed by atoms with van der Waals surface area (Å²) in [4.78, 5) is 0. The summed E-state index contributed by atoms with van der Waals surface area (Å²) in [7, 11) is -0.650. The fourth-order valence-corrected chi connectivity index (χ4v) is 2.02. The molecule has 0 spiro atoms. The standard InChI is InChI=1S/C4H8O2S2/c1-3-4(2)6-8(7)5-3/h3-4H,1-2H3/t3-,4-/m1/s1. The minimum atomic E-state index is -0.650. The van der Waals surface area contributed by atoms with E-state index in [-0.39, 0.29) is 12.2 Å². The van der Waals surface area contributed by atoms with Crippen LogP contribution in [0, 0.1) is 0 Å². The zero-order valence-corrected chi connectivity index (χ0v) is 6.42. The first-order valence-electron chi connectivity index (χ1n) is 2.46. The van der Waals surface area contributed by atoms with Crippen LogP contribution in [0.5, 0.6) is 0 Å². The summed E-state index contributed by atoms with van der Waals surface area (Å²) < 4.78 is 10.2. The third kappa shape index (κ3) is 1.25. The van der Waals surface area contributed by atoms with Gasteiger partial charge < -0.3 is 0 Å². The van der Waals surface area contributed by atoms with E-state index in [0.717, 1.165) is 0 Å². The predicted molar refractivity (Wildman–Crippen MR) is 35.8 cm³/mol. The Bertz CT molecular complexity index is 103. The first-order valence-corrected chi connectivity index (χ1v) is 4.46. The summed E-state index contributed by atoms with van der Waals surface area (Å²) in [5.41, 5.74) is 0. The molecule has 1 heterocycles. The molecule has 2 nitrogen and oxygen atoms in total. The van der Waals surface area contributed by atoms with Crippen molar-refractivity contribution in [2.24, 2.45) is 0 Å². The van der Waals surface area contributed by atoms with Gasteiger partial charge in [0.15, 0.2) is 0 Å². The van der Waals surface area contributed by atoms with E-state index in [1.54, 1.807) is 0 Å². The van der Waals surface area contributed by atoms with Crippen molar-refractivity contribution in [3.05, 3.63) is 0 Å². The first-order chi connectivity index (χ1) is 3.70. The zero-order valence-electron chi connectivity index (χ0n) is 4.79. The topological polar surface area (TPSA) is 18.5 Å². The Hall–Kier alpha value is 0.490. The normalized spacial score (nSPS) is 40.8. The highest BCUT2D eigenvalue weighted by Crippen LogP contribution is 2.15. The molecule has 0 N–H and O–H groups in total. The Morgan fingerprint density at radius 1 is 1.25 bits per heavy atom. The van der Waals surface area contributed by atoms with Crippen molar-refractivity contribution in [2.45, 2.75) is 26.1 Å². The van der Waals surface area contributed by atoms with Crippen LogP contribution in [0.3, 0.4) is 0 Å². The summed E-state index contributed by atoms with van der Waals surface area (Å²) in [6, 6.07) is 0. The molecule has 2 atom stereocenters. The van der Waals surface area contributed by atoms with E-state index in [4.69, 9.17) is 19.6 Å². The Balaban J connectivity index is 2.51. The Labute approximate surface area is 56.2 Å². The van der Waals surface area contributed by atoms with Crippen molar-refractivity contribution < 1.29 is 8.37 Å². The van der Waals surface area contributed by atoms with Gasteiger partial charge in [-0.2, -0.15) is 0 Å². The van der Waals surface area contributed by atoms with Gasteiger partial charge in [-0.1, -0.05) is 0 Å². The van der Waals surface area contributed by atoms with Crippen molar-refractivity contribution in [3.8, 4) is 0 Å². The molecule has 8 heavy (non-hydrogen) atoms. The van der Waals surface area contributed by atoms with E-state index < -0.39 is 10.0 Å². The summed E-state index contributed by atoms with van der Waals surface area (Å²) >= 11 is 4.74. The predicted octanol–water partition coefficient (Wildman–Crippen LogP) is 0.720. The Morgan fingerprint density at radius 3 is 1.75 bits per heavy atom. The lowest BCUT2D eigenvalue weighted by molar-refractivity contribution is 0.187. The van der Waals surface area contributed by atoms with Gasteiger partial charge in [0.2, 0.25) is 0 Å². The summed E-state index contributed by atoms with van der Waals surface area (Å²) in [6.45, 7) is 3.92. The van der Waals surface area contributed by atoms with Gasteiger partial charge in [0.05, 0.1) is 12.2 Å². The second kappa shape index (κ2) is 2.39. The minimum Gasteiger partial charge on any atom is -0.285 e. The molecule has 0 bridgehead atoms. The Kier molecular flexibility index (Phi) is 1.97. The number of hydrogen-bond acceptors (Lipinski definition) is 3. The average molecular weight is 152 g/mol. The fraction of sp³-hybridized carbons (Fsp3) is 1.00. The fourth-order valence-electron chi connectivity index (χ4n) is 0.427. The Morgan fingerprint density at radius 2 is 1.62 bits per heavy atom. The largest absolute Gasteiger partial charge is 0.285 e. The van der Waals surface area contributed by atoms with Crippen molar-refractivity contribution in [2.75, 3.05) is 0 Å². The van der Waals surface area contributed by atoms with E-state index in [1.807, 2.05) is 13.8 Å². The molecule has 0 radical (unpaired) electrons. The molecule has 1 rings (SSSR count). The van der Waals surface area contributed by atoms with Crippen molar-refractivity contribution >= 4 is 21.2 Å². The highest BCUT2D eigenvalue weighted by Gasteiger charge is 2.24. The summed E-state index contributed by atoms with van der Waals surface area (Å²) in [5, 5.41) is 0. The van der Waals surface area contributed by atoms with E-state index in [1.165, 1.54) is 0 Å². The van der Waals surface area contributed by atoms with Gasteiger partial charge in [0, 0.05) is 11.2 Å². The maximum absolute atomic E-state index is 5.09. The zero-order chi connectivity index (χ0) is 6.15. The van der Waals surface area contributed by atoms with Crippen LogP contribution in [-0.4, -0.2) is 12.2 Å². The highest BCUT2D eigenvalue weighted by atomic mass is 32.8. The van der Waals surface area contributed by atoms with Gasteiger partial charge in [0.25, 0.3) is 0 Å². The molecule has 0 unspecified atom stereocenters. The third-order valence-corrected chi connectivity index (χ3v) is 2.51. The van der Waals surface area contributed by atoms with Gasteiger partial charge in [-0.3, -0.25) is 8.37 Å². The molecule has 1 fully saturated rings.